The Hall–Kier alpha value is -0.420. The SMILES string of the molecule is CCOOP(=O)(Cc1ccccc1Cl)OOCC. The smallest absolute Gasteiger partial charge is 0.255 e. The summed E-state index contributed by atoms with van der Waals surface area (Å²) in [7, 11) is -3.53. The van der Waals surface area contributed by atoms with Gasteiger partial charge in [0, 0.05) is 5.02 Å². The Balaban J connectivity index is 2.77. The zero-order valence-corrected chi connectivity index (χ0v) is 11.9. The van der Waals surface area contributed by atoms with Gasteiger partial charge in [-0.1, -0.05) is 29.8 Å². The molecule has 0 amide bonds. The first kappa shape index (κ1) is 15.6. The zero-order valence-electron chi connectivity index (χ0n) is 10.3. The summed E-state index contributed by atoms with van der Waals surface area (Å²) in [5.41, 5.74) is 0.641. The molecule has 0 aromatic heterocycles. The first-order chi connectivity index (χ1) is 8.61. The van der Waals surface area contributed by atoms with Crippen LogP contribution >= 0.6 is 19.2 Å². The van der Waals surface area contributed by atoms with E-state index >= 15 is 0 Å². The highest BCUT2D eigenvalue weighted by Crippen LogP contribution is 2.52. The molecule has 0 aliphatic rings. The van der Waals surface area contributed by atoms with Gasteiger partial charge in [0.25, 0.3) is 0 Å². The van der Waals surface area contributed by atoms with E-state index in [9.17, 15) is 4.57 Å². The topological polar surface area (TPSA) is 54.0 Å². The van der Waals surface area contributed by atoms with Crippen LogP contribution in [0.4, 0.5) is 0 Å². The second-order valence-electron chi connectivity index (χ2n) is 3.32. The minimum absolute atomic E-state index is 0.0212. The van der Waals surface area contributed by atoms with Crippen molar-refractivity contribution in [3.8, 4) is 0 Å². The standard InChI is InChI=1S/C11H16ClO5P/c1-3-14-16-18(13,17-15-4-2)9-10-7-5-6-8-11(10)12/h5-8H,3-4,9H2,1-2H3. The molecular weight excluding hydrogens is 279 g/mol. The molecule has 0 unspecified atom stereocenters. The molecule has 0 heterocycles. The third-order valence-corrected chi connectivity index (χ3v) is 3.65. The van der Waals surface area contributed by atoms with E-state index in [1.807, 2.05) is 0 Å². The van der Waals surface area contributed by atoms with Crippen LogP contribution in [0.1, 0.15) is 19.4 Å². The summed E-state index contributed by atoms with van der Waals surface area (Å²) >= 11 is 5.98. The van der Waals surface area contributed by atoms with Crippen LogP contribution in [0.5, 0.6) is 0 Å². The second kappa shape index (κ2) is 7.89. The quantitative estimate of drug-likeness (QED) is 0.412. The number of benzene rings is 1. The fraction of sp³-hybridized carbons (Fsp3) is 0.455. The van der Waals surface area contributed by atoms with Gasteiger partial charge in [-0.15, -0.1) is 9.35 Å². The fourth-order valence-corrected chi connectivity index (χ4v) is 2.82. The van der Waals surface area contributed by atoms with Gasteiger partial charge < -0.3 is 0 Å². The third kappa shape index (κ3) is 5.06. The van der Waals surface area contributed by atoms with Crippen LogP contribution in [0, 0.1) is 0 Å². The lowest BCUT2D eigenvalue weighted by Crippen LogP contribution is -2.02. The van der Waals surface area contributed by atoms with Crippen molar-refractivity contribution in [1.29, 1.82) is 0 Å². The molecule has 0 bridgehead atoms. The van der Waals surface area contributed by atoms with E-state index in [2.05, 4.69) is 0 Å². The first-order valence-corrected chi connectivity index (χ1v) is 7.66. The highest BCUT2D eigenvalue weighted by Gasteiger charge is 2.29. The lowest BCUT2D eigenvalue weighted by Gasteiger charge is -2.15. The maximum atomic E-state index is 12.3. The maximum Gasteiger partial charge on any atom is 0.388 e. The van der Waals surface area contributed by atoms with Crippen LogP contribution in [0.25, 0.3) is 0 Å². The molecule has 0 radical (unpaired) electrons. The number of hydrogen-bond donors (Lipinski definition) is 0. The van der Waals surface area contributed by atoms with Crippen molar-refractivity contribution in [1.82, 2.24) is 0 Å². The minimum atomic E-state index is -3.53. The van der Waals surface area contributed by atoms with E-state index in [0.717, 1.165) is 0 Å². The predicted molar refractivity (Wildman–Crippen MR) is 68.2 cm³/mol. The molecule has 5 nitrogen and oxygen atoms in total. The molecule has 0 N–H and O–H groups in total. The molecular formula is C11H16ClO5P. The Morgan fingerprint density at radius 2 is 1.67 bits per heavy atom. The molecule has 0 atom stereocenters. The molecule has 18 heavy (non-hydrogen) atoms. The lowest BCUT2D eigenvalue weighted by atomic mass is 10.2. The van der Waals surface area contributed by atoms with Crippen molar-refractivity contribution < 1.29 is 23.7 Å². The monoisotopic (exact) mass is 294 g/mol. The van der Waals surface area contributed by atoms with E-state index in [-0.39, 0.29) is 19.4 Å². The van der Waals surface area contributed by atoms with Crippen LogP contribution in [-0.2, 0) is 29.9 Å². The van der Waals surface area contributed by atoms with Crippen molar-refractivity contribution in [2.75, 3.05) is 13.2 Å². The zero-order chi connectivity index (χ0) is 13.4. The summed E-state index contributed by atoms with van der Waals surface area (Å²) in [5, 5.41) is 0.484. The van der Waals surface area contributed by atoms with Gasteiger partial charge >= 0.3 is 7.60 Å². The van der Waals surface area contributed by atoms with Gasteiger partial charge in [-0.2, -0.15) is 0 Å². The van der Waals surface area contributed by atoms with E-state index in [1.54, 1.807) is 38.1 Å². The van der Waals surface area contributed by atoms with Crippen LogP contribution in [0.2, 0.25) is 5.02 Å². The average molecular weight is 295 g/mol. The summed E-state index contributed by atoms with van der Waals surface area (Å²) < 4.78 is 21.9. The van der Waals surface area contributed by atoms with Crippen LogP contribution in [0.3, 0.4) is 0 Å². The molecule has 1 aromatic carbocycles. The van der Waals surface area contributed by atoms with Crippen LogP contribution in [0.15, 0.2) is 24.3 Å². The van der Waals surface area contributed by atoms with Gasteiger partial charge in [-0.25, -0.2) is 9.78 Å². The van der Waals surface area contributed by atoms with E-state index in [4.69, 9.17) is 30.7 Å². The lowest BCUT2D eigenvalue weighted by molar-refractivity contribution is -0.263. The van der Waals surface area contributed by atoms with Gasteiger partial charge in [0.15, 0.2) is 0 Å². The van der Waals surface area contributed by atoms with Crippen molar-refractivity contribution in [3.63, 3.8) is 0 Å². The molecule has 0 fully saturated rings. The van der Waals surface area contributed by atoms with Gasteiger partial charge in [-0.3, -0.25) is 4.57 Å². The van der Waals surface area contributed by atoms with Crippen molar-refractivity contribution >= 4 is 19.2 Å². The normalized spacial score (nSPS) is 11.7. The molecule has 0 aliphatic carbocycles. The van der Waals surface area contributed by atoms with E-state index in [1.165, 1.54) is 0 Å². The molecule has 7 heteroatoms. The number of hydrogen-bond acceptors (Lipinski definition) is 5. The first-order valence-electron chi connectivity index (χ1n) is 5.56. The molecule has 1 rings (SSSR count). The number of rotatable bonds is 8. The van der Waals surface area contributed by atoms with E-state index < -0.39 is 7.60 Å². The minimum Gasteiger partial charge on any atom is -0.255 e. The Kier molecular flexibility index (Phi) is 6.86. The maximum absolute atomic E-state index is 12.3. The molecule has 0 saturated carbocycles. The van der Waals surface area contributed by atoms with Gasteiger partial charge in [0.05, 0.1) is 19.4 Å². The van der Waals surface area contributed by atoms with Gasteiger partial charge in [-0.05, 0) is 25.5 Å². The van der Waals surface area contributed by atoms with Crippen molar-refractivity contribution in [2.24, 2.45) is 0 Å². The van der Waals surface area contributed by atoms with E-state index in [0.29, 0.717) is 10.6 Å². The van der Waals surface area contributed by atoms with Crippen LogP contribution in [-0.4, -0.2) is 13.2 Å². The van der Waals surface area contributed by atoms with Crippen LogP contribution < -0.4 is 0 Å². The predicted octanol–water partition coefficient (Wildman–Crippen LogP) is 3.97. The number of halogens is 1. The molecule has 0 aliphatic heterocycles. The molecule has 1 aromatic rings. The largest absolute Gasteiger partial charge is 0.388 e. The Labute approximate surface area is 111 Å². The molecule has 102 valence electrons. The van der Waals surface area contributed by atoms with Crippen molar-refractivity contribution in [3.05, 3.63) is 34.9 Å². The highest BCUT2D eigenvalue weighted by atomic mass is 35.5. The Bertz CT molecular complexity index is 400. The Morgan fingerprint density at radius 1 is 1.11 bits per heavy atom. The summed E-state index contributed by atoms with van der Waals surface area (Å²) in [6.45, 7) is 3.92. The summed E-state index contributed by atoms with van der Waals surface area (Å²) in [6, 6.07) is 7.00. The summed E-state index contributed by atoms with van der Waals surface area (Å²) in [5.74, 6) is 0. The summed E-state index contributed by atoms with van der Waals surface area (Å²) in [4.78, 5) is 9.39. The Morgan fingerprint density at radius 3 is 2.17 bits per heavy atom. The molecule has 0 spiro atoms. The summed E-state index contributed by atoms with van der Waals surface area (Å²) in [6.07, 6.45) is -0.0212. The molecule has 0 saturated heterocycles. The van der Waals surface area contributed by atoms with Gasteiger partial charge in [0.1, 0.15) is 0 Å². The third-order valence-electron chi connectivity index (χ3n) is 1.89. The highest BCUT2D eigenvalue weighted by molar-refractivity contribution is 7.52. The second-order valence-corrected chi connectivity index (χ2v) is 5.57. The van der Waals surface area contributed by atoms with Gasteiger partial charge in [0.2, 0.25) is 0 Å². The fourth-order valence-electron chi connectivity index (χ4n) is 1.17. The van der Waals surface area contributed by atoms with Crippen molar-refractivity contribution in [2.45, 2.75) is 20.0 Å². The average Bonchev–Trinajstić information content (AvgIpc) is 2.37.